The molecule has 1 heterocycles. The molecule has 5 aromatic rings. The fraction of sp³-hybridized carbons (Fsp3) is 0.107. The molecule has 4 radical (unpaired) electrons. The number of aryl methyl sites for hydroxylation is 1. The van der Waals surface area contributed by atoms with E-state index in [2.05, 4.69) is 40.0 Å². The van der Waals surface area contributed by atoms with Crippen LogP contribution < -0.4 is 10.6 Å². The van der Waals surface area contributed by atoms with Crippen molar-refractivity contribution in [1.29, 1.82) is 0 Å². The molecule has 0 saturated carbocycles. The number of aromatic nitrogens is 3. The van der Waals surface area contributed by atoms with Gasteiger partial charge in [-0.25, -0.2) is 12.6 Å². The minimum absolute atomic E-state index is 0. The van der Waals surface area contributed by atoms with Crippen molar-refractivity contribution in [2.45, 2.75) is 26.5 Å². The van der Waals surface area contributed by atoms with E-state index >= 15 is 0 Å². The molecule has 0 aliphatic carbocycles. The smallest absolute Gasteiger partial charge is 0.397 e. The van der Waals surface area contributed by atoms with E-state index in [0.717, 1.165) is 36.4 Å². The van der Waals surface area contributed by atoms with Crippen molar-refractivity contribution in [3.8, 4) is 5.75 Å². The molecule has 0 aliphatic heterocycles. The van der Waals surface area contributed by atoms with E-state index in [1.807, 2.05) is 0 Å². The van der Waals surface area contributed by atoms with Gasteiger partial charge in [-0.05, 0) is 84.1 Å². The van der Waals surface area contributed by atoms with Crippen LogP contribution in [-0.2, 0) is 54.8 Å². The van der Waals surface area contributed by atoms with Crippen LogP contribution in [0.25, 0.3) is 10.8 Å². The van der Waals surface area contributed by atoms with E-state index < -0.39 is 122 Å². The topological polar surface area (TPSA) is 369 Å². The Morgan fingerprint density at radius 1 is 0.672 bits per heavy atom. The molecule has 308 valence electrons. The molecule has 0 unspecified atom stereocenters. The van der Waals surface area contributed by atoms with Gasteiger partial charge < -0.3 is 15.7 Å². The normalized spacial score (nSPS) is 12.1. The molecule has 0 fully saturated rings. The zero-order chi connectivity index (χ0) is 42.3. The Morgan fingerprint density at radius 3 is 1.79 bits per heavy atom. The minimum atomic E-state index is -5.32. The average Bonchev–Trinajstić information content (AvgIpc) is 3.06. The first-order valence-corrected chi connectivity index (χ1v) is 22.6. The van der Waals surface area contributed by atoms with Gasteiger partial charge in [0.25, 0.3) is 30.4 Å². The quantitative estimate of drug-likeness (QED) is 0.0477. The predicted molar refractivity (Wildman–Crippen MR) is 221 cm³/mol. The fourth-order valence-electron chi connectivity index (χ4n) is 4.84. The summed E-state index contributed by atoms with van der Waals surface area (Å²) in [6, 6.07) is 10.4. The number of benzene rings is 4. The number of phenols is 1. The van der Waals surface area contributed by atoms with Crippen molar-refractivity contribution in [1.82, 2.24) is 15.0 Å². The molecule has 7 N–H and O–H groups in total. The first-order valence-electron chi connectivity index (χ1n) is 14.9. The number of phenolic OH excluding ortho intramolecular Hbond substituents is 1. The maximum absolute atomic E-state index is 12.5. The van der Waals surface area contributed by atoms with E-state index in [0.29, 0.717) is 11.6 Å². The molecule has 0 aliphatic rings. The van der Waals surface area contributed by atoms with Gasteiger partial charge in [-0.15, -0.1) is 10.2 Å². The third-order valence-corrected chi connectivity index (χ3v) is 12.2. The zero-order valence-corrected chi connectivity index (χ0v) is 44.9. The van der Waals surface area contributed by atoms with Crippen molar-refractivity contribution < 1.29 is 69.6 Å². The number of aromatic hydroxyl groups is 1. The summed E-state index contributed by atoms with van der Waals surface area (Å²) in [6.45, 7) is 0.626. The Hall–Kier alpha value is -1.01. The molecular weight excluding hydrogens is 978 g/mol. The number of sulfone groups is 1. The van der Waals surface area contributed by atoms with Gasteiger partial charge in [0.1, 0.15) is 21.2 Å². The second kappa shape index (κ2) is 22.5. The maximum atomic E-state index is 12.5. The second-order valence-electron chi connectivity index (χ2n) is 11.3. The number of halogens is 1. The number of fused-ring (bicyclic) bond motifs is 1. The van der Waals surface area contributed by atoms with Crippen LogP contribution in [0.15, 0.2) is 90.5 Å². The van der Waals surface area contributed by atoms with E-state index in [4.69, 9.17) is 16.2 Å². The summed E-state index contributed by atoms with van der Waals surface area (Å²) in [5, 5.41) is 22.6. The molecule has 0 bridgehead atoms. The third kappa shape index (κ3) is 15.6. The molecule has 33 heteroatoms. The molecule has 0 spiro atoms. The van der Waals surface area contributed by atoms with Crippen molar-refractivity contribution in [2.24, 2.45) is 10.2 Å². The summed E-state index contributed by atoms with van der Waals surface area (Å²) in [5.41, 5.74) is -1.46. The number of nitrogens with zero attached hydrogens (tertiary/aromatic N) is 5. The molecule has 4 aromatic carbocycles. The molecule has 61 heavy (non-hydrogen) atoms. The fourth-order valence-corrected chi connectivity index (χ4v) is 8.40. The Bertz CT molecular complexity index is 3060. The Morgan fingerprint density at radius 2 is 1.25 bits per heavy atom. The second-order valence-corrected chi connectivity index (χ2v) is 19.1. The largest absolute Gasteiger partial charge is 0.505 e. The van der Waals surface area contributed by atoms with Gasteiger partial charge in [-0.3, -0.25) is 18.2 Å². The van der Waals surface area contributed by atoms with Gasteiger partial charge in [0.05, 0.1) is 27.8 Å². The van der Waals surface area contributed by atoms with Crippen LogP contribution >= 0.6 is 11.6 Å². The zero-order valence-electron chi connectivity index (χ0n) is 32.1. The number of hydrogen-bond donors (Lipinski definition) is 7. The Kier molecular flexibility index (Phi) is 21.4. The summed E-state index contributed by atoms with van der Waals surface area (Å²) < 4.78 is 162. The first-order chi connectivity index (χ1) is 26.2. The van der Waals surface area contributed by atoms with Crippen LogP contribution in [0.4, 0.5) is 34.6 Å². The molecule has 0 amide bonds. The van der Waals surface area contributed by atoms with Crippen molar-refractivity contribution in [3.05, 3.63) is 71.5 Å². The van der Waals surface area contributed by atoms with Crippen molar-refractivity contribution in [2.75, 3.05) is 23.0 Å². The maximum Gasteiger partial charge on any atom is 0.397 e. The summed E-state index contributed by atoms with van der Waals surface area (Å²) >= 11 is 6.09. The number of hydrogen-bond acceptors (Lipinski definition) is 19. The summed E-state index contributed by atoms with van der Waals surface area (Å²) in [4.78, 5) is 8.81. The molecule has 5 rings (SSSR count). The Labute approximate surface area is 441 Å². The Balaban J connectivity index is 0.00000465. The number of azo groups is 1. The van der Waals surface area contributed by atoms with Gasteiger partial charge in [0.15, 0.2) is 15.6 Å². The van der Waals surface area contributed by atoms with Crippen LogP contribution in [0, 0.1) is 6.92 Å². The van der Waals surface area contributed by atoms with Gasteiger partial charge in [0, 0.05) is 129 Å². The SMILES string of the molecule is Cc1ccc(N=Nc2c(S(=O)(=O)O)cc3cc(S(=O)(=O)O)cc(Nc4nc(Cl)nc(Nc5ccc(S(=O)(=O)CCOS(=O)(=O)O)cc5)n4)c3c2O)c(S(=O)(=O)O)c1.[Na].[Na].[Na].[Na]. The van der Waals surface area contributed by atoms with E-state index in [1.165, 1.54) is 25.1 Å². The van der Waals surface area contributed by atoms with Crippen molar-refractivity contribution in [3.63, 3.8) is 0 Å². The summed E-state index contributed by atoms with van der Waals surface area (Å²) in [7, 11) is -24.2. The average molecular weight is 1000 g/mol. The molecule has 23 nitrogen and oxygen atoms in total. The van der Waals surface area contributed by atoms with Crippen LogP contribution in [0.3, 0.4) is 0 Å². The van der Waals surface area contributed by atoms with E-state index in [9.17, 15) is 60.9 Å². The van der Waals surface area contributed by atoms with Crippen molar-refractivity contribution >= 4 is 226 Å². The molecule has 1 aromatic heterocycles. The van der Waals surface area contributed by atoms with Gasteiger partial charge >= 0.3 is 10.4 Å². The third-order valence-electron chi connectivity index (χ3n) is 7.26. The van der Waals surface area contributed by atoms with E-state index in [-0.39, 0.29) is 135 Å². The van der Waals surface area contributed by atoms with Crippen LogP contribution in [-0.4, -0.2) is 211 Å². The molecular formula is C28H24ClN7Na4O16S5. The number of nitrogens with one attached hydrogen (secondary N) is 2. The first kappa shape index (κ1) is 58.0. The molecule has 0 atom stereocenters. The van der Waals surface area contributed by atoms with Gasteiger partial charge in [0.2, 0.25) is 17.2 Å². The predicted octanol–water partition coefficient (Wildman–Crippen LogP) is 2.40. The number of anilines is 4. The standard InChI is InChI=1S/C28H24ClN7O16S5.4Na/c1-14-2-7-19(21(10-14)55(43,44)45)35-36-24-22(56(46,47)48)12-15-11-18(54(40,41)42)13-20(23(15)25(24)37)31-28-33-26(29)32-27(34-28)30-16-3-5-17(6-4-16)53(38,39)9-8-52-57(49,50)51;;;;/h2-7,10-13,37H,8-9H2,1H3,(H,40,41,42)(H,43,44,45)(H,46,47,48)(H,49,50,51)(H2,30,31,32,33,34);;;;. The molecule has 0 saturated heterocycles. The summed E-state index contributed by atoms with van der Waals surface area (Å²) in [5.74, 6) is -2.70. The van der Waals surface area contributed by atoms with Crippen LogP contribution in [0.2, 0.25) is 5.28 Å². The van der Waals surface area contributed by atoms with Crippen LogP contribution in [0.5, 0.6) is 5.75 Å². The van der Waals surface area contributed by atoms with E-state index in [1.54, 1.807) is 0 Å². The van der Waals surface area contributed by atoms with Gasteiger partial charge in [-0.1, -0.05) is 6.07 Å². The van der Waals surface area contributed by atoms with Gasteiger partial charge in [-0.2, -0.15) is 48.6 Å². The number of rotatable bonds is 14. The van der Waals surface area contributed by atoms with Crippen LogP contribution in [0.1, 0.15) is 5.56 Å². The monoisotopic (exact) mass is 1000 g/mol. The minimum Gasteiger partial charge on any atom is -0.505 e. The summed E-state index contributed by atoms with van der Waals surface area (Å²) in [6.07, 6.45) is 0.